The molecule has 0 aliphatic carbocycles. The Balaban J connectivity index is 2.09. The molecule has 0 atom stereocenters. The molecule has 0 radical (unpaired) electrons. The van der Waals surface area contributed by atoms with Crippen LogP contribution in [0.1, 0.15) is 23.9 Å². The average molecular weight is 259 g/mol. The van der Waals surface area contributed by atoms with Crippen LogP contribution in [0.25, 0.3) is 0 Å². The minimum Gasteiger partial charge on any atom is -0.392 e. The summed E-state index contributed by atoms with van der Waals surface area (Å²) in [7, 11) is 0. The normalized spacial score (nSPS) is 10.4. The van der Waals surface area contributed by atoms with Crippen molar-refractivity contribution < 1.29 is 5.11 Å². The Kier molecular flexibility index (Phi) is 4.30. The summed E-state index contributed by atoms with van der Waals surface area (Å²) in [6, 6.07) is 9.07. The smallest absolute Gasteiger partial charge is 0.252 e. The van der Waals surface area contributed by atoms with Gasteiger partial charge in [0, 0.05) is 19.0 Å². The Morgan fingerprint density at radius 3 is 2.84 bits per heavy atom. The van der Waals surface area contributed by atoms with E-state index in [-0.39, 0.29) is 12.2 Å². The van der Waals surface area contributed by atoms with E-state index < -0.39 is 0 Å². The number of aryl methyl sites for hydroxylation is 1. The topological polar surface area (TPSA) is 78.0 Å². The summed E-state index contributed by atoms with van der Waals surface area (Å²) in [6.45, 7) is 2.53. The number of anilines is 1. The van der Waals surface area contributed by atoms with Crippen LogP contribution in [-0.2, 0) is 19.6 Å². The van der Waals surface area contributed by atoms with Crippen LogP contribution in [0.4, 0.5) is 5.82 Å². The van der Waals surface area contributed by atoms with Gasteiger partial charge in [0.2, 0.25) is 0 Å². The van der Waals surface area contributed by atoms with Crippen LogP contribution in [0.15, 0.2) is 35.1 Å². The number of aliphatic hydroxyl groups excluding tert-OH is 1. The summed E-state index contributed by atoms with van der Waals surface area (Å²) in [4.78, 5) is 18.4. The second-order valence-corrected chi connectivity index (χ2v) is 4.26. The number of nitrogens with one attached hydrogen (secondary N) is 2. The van der Waals surface area contributed by atoms with Gasteiger partial charge in [0.05, 0.1) is 6.61 Å². The molecule has 0 fully saturated rings. The number of hydrogen-bond donors (Lipinski definition) is 3. The Bertz CT molecular complexity index is 608. The maximum atomic E-state index is 11.4. The van der Waals surface area contributed by atoms with Gasteiger partial charge in [0.1, 0.15) is 11.6 Å². The molecule has 19 heavy (non-hydrogen) atoms. The highest BCUT2D eigenvalue weighted by molar-refractivity contribution is 5.35. The number of H-pyrrole nitrogens is 1. The van der Waals surface area contributed by atoms with Crippen molar-refractivity contribution in [3.63, 3.8) is 0 Å². The van der Waals surface area contributed by atoms with Crippen LogP contribution >= 0.6 is 0 Å². The molecule has 3 N–H and O–H groups in total. The van der Waals surface area contributed by atoms with E-state index in [2.05, 4.69) is 15.3 Å². The van der Waals surface area contributed by atoms with Crippen molar-refractivity contribution in [3.8, 4) is 0 Å². The van der Waals surface area contributed by atoms with Gasteiger partial charge in [-0.15, -0.1) is 0 Å². The van der Waals surface area contributed by atoms with E-state index in [9.17, 15) is 4.79 Å². The third-order valence-electron chi connectivity index (χ3n) is 2.77. The predicted octanol–water partition coefficient (Wildman–Crippen LogP) is 1.44. The molecule has 5 nitrogen and oxygen atoms in total. The fourth-order valence-electron chi connectivity index (χ4n) is 1.80. The summed E-state index contributed by atoms with van der Waals surface area (Å²) in [5.74, 6) is 1.23. The lowest BCUT2D eigenvalue weighted by Gasteiger charge is -2.07. The second kappa shape index (κ2) is 6.15. The zero-order valence-electron chi connectivity index (χ0n) is 10.8. The van der Waals surface area contributed by atoms with E-state index in [1.165, 1.54) is 6.07 Å². The first-order valence-electron chi connectivity index (χ1n) is 6.24. The van der Waals surface area contributed by atoms with E-state index in [1.807, 2.05) is 31.2 Å². The highest BCUT2D eigenvalue weighted by atomic mass is 16.3. The summed E-state index contributed by atoms with van der Waals surface area (Å²) in [5.41, 5.74) is 1.75. The molecule has 0 unspecified atom stereocenters. The average Bonchev–Trinajstić information content (AvgIpc) is 2.44. The Morgan fingerprint density at radius 2 is 2.11 bits per heavy atom. The first-order chi connectivity index (χ1) is 9.21. The van der Waals surface area contributed by atoms with Crippen molar-refractivity contribution in [3.05, 3.63) is 57.6 Å². The molecular formula is C14H17N3O2. The van der Waals surface area contributed by atoms with Crippen LogP contribution in [0, 0.1) is 0 Å². The van der Waals surface area contributed by atoms with Crippen LogP contribution in [-0.4, -0.2) is 15.1 Å². The standard InChI is InChI=1S/C14H17N3O2/c1-2-12-16-13(7-14(19)17-12)15-8-10-4-3-5-11(6-10)9-18/h3-7,18H,2,8-9H2,1H3,(H2,15,16,17,19). The van der Waals surface area contributed by atoms with E-state index in [1.54, 1.807) is 0 Å². The molecule has 2 rings (SSSR count). The van der Waals surface area contributed by atoms with Crippen LogP contribution in [0.5, 0.6) is 0 Å². The molecule has 5 heteroatoms. The lowest BCUT2D eigenvalue weighted by molar-refractivity contribution is 0.281. The molecule has 0 aliphatic heterocycles. The lowest BCUT2D eigenvalue weighted by Crippen LogP contribution is -2.13. The molecular weight excluding hydrogens is 242 g/mol. The maximum absolute atomic E-state index is 11.4. The predicted molar refractivity (Wildman–Crippen MR) is 73.9 cm³/mol. The molecule has 100 valence electrons. The zero-order chi connectivity index (χ0) is 13.7. The fourth-order valence-corrected chi connectivity index (χ4v) is 1.80. The highest BCUT2D eigenvalue weighted by Gasteiger charge is 2.00. The van der Waals surface area contributed by atoms with Crippen LogP contribution < -0.4 is 10.9 Å². The monoisotopic (exact) mass is 259 g/mol. The summed E-state index contributed by atoms with van der Waals surface area (Å²) >= 11 is 0. The SMILES string of the molecule is CCc1nc(NCc2cccc(CO)c2)cc(=O)[nH]1. The van der Waals surface area contributed by atoms with Gasteiger partial charge in [-0.25, -0.2) is 4.98 Å². The third-order valence-corrected chi connectivity index (χ3v) is 2.77. The van der Waals surface area contributed by atoms with Crippen LogP contribution in [0.3, 0.4) is 0 Å². The molecule has 0 saturated heterocycles. The molecule has 0 saturated carbocycles. The van der Waals surface area contributed by atoms with Gasteiger partial charge in [-0.3, -0.25) is 4.79 Å². The maximum Gasteiger partial charge on any atom is 0.252 e. The number of nitrogens with zero attached hydrogens (tertiary/aromatic N) is 1. The zero-order valence-corrected chi connectivity index (χ0v) is 10.8. The fraction of sp³-hybridized carbons (Fsp3) is 0.286. The number of aromatic nitrogens is 2. The minimum absolute atomic E-state index is 0.0249. The molecule has 1 aromatic carbocycles. The molecule has 0 spiro atoms. The van der Waals surface area contributed by atoms with E-state index in [0.29, 0.717) is 24.6 Å². The van der Waals surface area contributed by atoms with Gasteiger partial charge >= 0.3 is 0 Å². The Hall–Kier alpha value is -2.14. The number of aromatic amines is 1. The number of rotatable bonds is 5. The van der Waals surface area contributed by atoms with Crippen molar-refractivity contribution in [1.29, 1.82) is 0 Å². The van der Waals surface area contributed by atoms with Gasteiger partial charge < -0.3 is 15.4 Å². The van der Waals surface area contributed by atoms with Crippen molar-refractivity contribution in [1.82, 2.24) is 9.97 Å². The van der Waals surface area contributed by atoms with E-state index in [0.717, 1.165) is 11.1 Å². The molecule has 0 bridgehead atoms. The van der Waals surface area contributed by atoms with Gasteiger partial charge in [-0.2, -0.15) is 0 Å². The number of benzene rings is 1. The third kappa shape index (κ3) is 3.66. The van der Waals surface area contributed by atoms with Crippen molar-refractivity contribution in [2.45, 2.75) is 26.5 Å². The largest absolute Gasteiger partial charge is 0.392 e. The van der Waals surface area contributed by atoms with Gasteiger partial charge in [-0.1, -0.05) is 31.2 Å². The van der Waals surface area contributed by atoms with Gasteiger partial charge in [-0.05, 0) is 11.1 Å². The van der Waals surface area contributed by atoms with Crippen molar-refractivity contribution >= 4 is 5.82 Å². The van der Waals surface area contributed by atoms with Gasteiger partial charge in [0.15, 0.2) is 0 Å². The first kappa shape index (κ1) is 13.3. The molecule has 1 aromatic heterocycles. The quantitative estimate of drug-likeness (QED) is 0.759. The van der Waals surface area contributed by atoms with Crippen molar-refractivity contribution in [2.24, 2.45) is 0 Å². The number of aliphatic hydroxyl groups is 1. The van der Waals surface area contributed by atoms with E-state index >= 15 is 0 Å². The number of hydrogen-bond acceptors (Lipinski definition) is 4. The second-order valence-electron chi connectivity index (χ2n) is 4.26. The molecule has 0 aliphatic rings. The van der Waals surface area contributed by atoms with Crippen LogP contribution in [0.2, 0.25) is 0 Å². The minimum atomic E-state index is -0.154. The summed E-state index contributed by atoms with van der Waals surface area (Å²) in [5, 5.41) is 12.2. The molecule has 1 heterocycles. The van der Waals surface area contributed by atoms with E-state index in [4.69, 9.17) is 5.11 Å². The lowest BCUT2D eigenvalue weighted by atomic mass is 10.1. The Morgan fingerprint density at radius 1 is 1.32 bits per heavy atom. The Labute approximate surface area is 111 Å². The first-order valence-corrected chi connectivity index (χ1v) is 6.24. The molecule has 0 amide bonds. The molecule has 2 aromatic rings. The highest BCUT2D eigenvalue weighted by Crippen LogP contribution is 2.08. The summed E-state index contributed by atoms with van der Waals surface area (Å²) < 4.78 is 0. The van der Waals surface area contributed by atoms with Crippen molar-refractivity contribution in [2.75, 3.05) is 5.32 Å². The summed E-state index contributed by atoms with van der Waals surface area (Å²) in [6.07, 6.45) is 0.685. The van der Waals surface area contributed by atoms with Gasteiger partial charge in [0.25, 0.3) is 5.56 Å².